The van der Waals surface area contributed by atoms with Gasteiger partial charge in [-0.2, -0.15) is 0 Å². The van der Waals surface area contributed by atoms with Crippen molar-refractivity contribution in [1.29, 1.82) is 0 Å². The first-order valence-corrected chi connectivity index (χ1v) is 3.48. The van der Waals surface area contributed by atoms with Gasteiger partial charge in [-0.05, 0) is 0 Å². The summed E-state index contributed by atoms with van der Waals surface area (Å²) in [5, 5.41) is 52.2. The third-order valence-corrected chi connectivity index (χ3v) is 1.51. The summed E-state index contributed by atoms with van der Waals surface area (Å²) in [6.45, 7) is -1.45. The van der Waals surface area contributed by atoms with Gasteiger partial charge in [0.1, 0.15) is 24.4 Å². The van der Waals surface area contributed by atoms with Crippen LogP contribution in [0.5, 0.6) is 0 Å². The van der Waals surface area contributed by atoms with Crippen molar-refractivity contribution in [2.24, 2.45) is 0 Å². The predicted octanol–water partition coefficient (Wildman–Crippen LogP) is -3.59. The van der Waals surface area contributed by atoms with Gasteiger partial charge < -0.3 is 30.6 Å². The molecule has 0 unspecified atom stereocenters. The zero-order valence-electron chi connectivity index (χ0n) is 6.76. The van der Waals surface area contributed by atoms with Crippen LogP contribution >= 0.6 is 0 Å². The smallest absolute Gasteiger partial charge is 0.111 e. The second-order valence-corrected chi connectivity index (χ2v) is 2.48. The van der Waals surface area contributed by atoms with E-state index in [0.717, 1.165) is 0 Å². The topological polar surface area (TPSA) is 121 Å². The Kier molecular flexibility index (Phi) is 10.6. The van der Waals surface area contributed by atoms with Crippen molar-refractivity contribution in [3.63, 3.8) is 0 Å². The molecule has 0 radical (unpaired) electrons. The van der Waals surface area contributed by atoms with Crippen LogP contribution in [0.3, 0.4) is 0 Å². The fourth-order valence-corrected chi connectivity index (χ4v) is 0.671. The second-order valence-electron chi connectivity index (χ2n) is 2.48. The van der Waals surface area contributed by atoms with E-state index in [0.29, 0.717) is 0 Å². The van der Waals surface area contributed by atoms with E-state index >= 15 is 0 Å². The van der Waals surface area contributed by atoms with Crippen molar-refractivity contribution >= 4 is 0 Å². The minimum absolute atomic E-state index is 0. The molecule has 82 valence electrons. The van der Waals surface area contributed by atoms with Gasteiger partial charge in [-0.3, -0.25) is 0 Å². The van der Waals surface area contributed by atoms with Crippen LogP contribution in [0, 0.1) is 37.7 Å². The Bertz CT molecular complexity index is 110. The van der Waals surface area contributed by atoms with Gasteiger partial charge in [-0.15, -0.1) is 0 Å². The average molecular weight is 222 g/mol. The molecule has 7 heteroatoms. The quantitative estimate of drug-likeness (QED) is 0.286. The summed E-state index contributed by atoms with van der Waals surface area (Å²) in [6, 6.07) is 0. The van der Waals surface area contributed by atoms with Crippen LogP contribution in [-0.4, -0.2) is 68.3 Å². The summed E-state index contributed by atoms with van der Waals surface area (Å²) in [7, 11) is 0. The van der Waals surface area contributed by atoms with E-state index in [9.17, 15) is 0 Å². The molecule has 0 fully saturated rings. The van der Waals surface area contributed by atoms with E-state index in [1.807, 2.05) is 0 Å². The van der Waals surface area contributed by atoms with E-state index < -0.39 is 37.6 Å². The van der Waals surface area contributed by atoms with E-state index in [2.05, 4.69) is 0 Å². The molecule has 0 aliphatic rings. The zero-order chi connectivity index (χ0) is 9.72. The van der Waals surface area contributed by atoms with Crippen LogP contribution in [0.2, 0.25) is 0 Å². The fraction of sp³-hybridized carbons (Fsp3) is 1.00. The van der Waals surface area contributed by atoms with Crippen molar-refractivity contribution in [3.05, 3.63) is 0 Å². The molecule has 0 saturated heterocycles. The summed E-state index contributed by atoms with van der Waals surface area (Å²) >= 11 is 0. The number of hydrogen-bond donors (Lipinski definition) is 6. The number of rotatable bonds is 5. The molecule has 6 N–H and O–H groups in total. The van der Waals surface area contributed by atoms with Crippen LogP contribution < -0.4 is 0 Å². The Labute approximate surface area is 105 Å². The average Bonchev–Trinajstić information content (AvgIpc) is 2.12. The molecule has 0 aromatic heterocycles. The molecule has 0 aromatic rings. The Morgan fingerprint density at radius 3 is 1.08 bits per heavy atom. The summed E-state index contributed by atoms with van der Waals surface area (Å²) in [4.78, 5) is 0. The Balaban J connectivity index is 0. The van der Waals surface area contributed by atoms with E-state index in [1.165, 1.54) is 0 Å². The standard InChI is InChI=1S/C6H14O6.Ar/c7-1-3(9)5(11)6(12)4(10)2-8;/h3-12H,1-2H2;/t3-,4-,5-,6-;/m1./s1. The Morgan fingerprint density at radius 2 is 0.923 bits per heavy atom. The molecular weight excluding hydrogens is 208 g/mol. The zero-order valence-corrected chi connectivity index (χ0v) is 7.47. The van der Waals surface area contributed by atoms with Gasteiger partial charge in [0.15, 0.2) is 0 Å². The van der Waals surface area contributed by atoms with Crippen molar-refractivity contribution in [1.82, 2.24) is 0 Å². The van der Waals surface area contributed by atoms with E-state index in [1.54, 1.807) is 0 Å². The minimum atomic E-state index is -1.67. The van der Waals surface area contributed by atoms with Crippen LogP contribution in [0.15, 0.2) is 0 Å². The van der Waals surface area contributed by atoms with Gasteiger partial charge in [-0.1, -0.05) is 0 Å². The predicted molar refractivity (Wildman–Crippen MR) is 38.2 cm³/mol. The molecular formula is C6H14ArO6. The van der Waals surface area contributed by atoms with Crippen LogP contribution in [0.4, 0.5) is 0 Å². The molecule has 0 spiro atoms. The molecule has 0 aliphatic heterocycles. The van der Waals surface area contributed by atoms with Gasteiger partial charge in [0.25, 0.3) is 0 Å². The summed E-state index contributed by atoms with van der Waals surface area (Å²) in [6.07, 6.45) is -6.39. The Hall–Kier alpha value is 1.02. The van der Waals surface area contributed by atoms with Crippen LogP contribution in [0.1, 0.15) is 0 Å². The summed E-state index contributed by atoms with van der Waals surface area (Å²) in [5.74, 6) is 0. The third-order valence-electron chi connectivity index (χ3n) is 1.51. The Morgan fingerprint density at radius 1 is 0.692 bits per heavy atom. The molecule has 0 rings (SSSR count). The molecule has 0 bridgehead atoms. The summed E-state index contributed by atoms with van der Waals surface area (Å²) < 4.78 is 0. The SMILES string of the molecule is OC[C@@H](O)[C@@H](O)[C@H](O)[C@H](O)CO.[Ar]. The largest absolute Gasteiger partial charge is 0.394 e. The molecule has 4 atom stereocenters. The van der Waals surface area contributed by atoms with Crippen LogP contribution in [0.25, 0.3) is 0 Å². The number of aliphatic hydroxyl groups excluding tert-OH is 6. The molecule has 0 aliphatic carbocycles. The van der Waals surface area contributed by atoms with Gasteiger partial charge in [0.05, 0.1) is 13.2 Å². The third kappa shape index (κ3) is 5.46. The molecule has 13 heavy (non-hydrogen) atoms. The van der Waals surface area contributed by atoms with Crippen molar-refractivity contribution in [3.8, 4) is 0 Å². The van der Waals surface area contributed by atoms with Crippen LogP contribution in [-0.2, 0) is 0 Å². The molecule has 0 aromatic carbocycles. The van der Waals surface area contributed by atoms with E-state index in [-0.39, 0.29) is 37.7 Å². The molecule has 6 nitrogen and oxygen atoms in total. The maximum Gasteiger partial charge on any atom is 0.111 e. The van der Waals surface area contributed by atoms with Gasteiger partial charge in [0.2, 0.25) is 0 Å². The van der Waals surface area contributed by atoms with Gasteiger partial charge in [0, 0.05) is 37.7 Å². The molecule has 0 amide bonds. The molecule has 0 saturated carbocycles. The van der Waals surface area contributed by atoms with Crippen molar-refractivity contribution in [2.75, 3.05) is 13.2 Å². The maximum atomic E-state index is 8.96. The second kappa shape index (κ2) is 8.34. The first-order chi connectivity index (χ1) is 5.54. The van der Waals surface area contributed by atoms with Gasteiger partial charge in [-0.25, -0.2) is 0 Å². The first kappa shape index (κ1) is 16.4. The number of hydrogen-bond acceptors (Lipinski definition) is 6. The fourth-order valence-electron chi connectivity index (χ4n) is 0.671. The van der Waals surface area contributed by atoms with Gasteiger partial charge >= 0.3 is 0 Å². The minimum Gasteiger partial charge on any atom is -0.394 e. The number of aliphatic hydroxyl groups is 6. The molecule has 0 heterocycles. The van der Waals surface area contributed by atoms with Crippen molar-refractivity contribution in [2.45, 2.75) is 24.4 Å². The van der Waals surface area contributed by atoms with E-state index in [4.69, 9.17) is 30.6 Å². The van der Waals surface area contributed by atoms with Crippen molar-refractivity contribution < 1.29 is 68.4 Å². The first-order valence-electron chi connectivity index (χ1n) is 3.48. The normalized spacial score (nSPS) is 19.8. The monoisotopic (exact) mass is 222 g/mol. The maximum absolute atomic E-state index is 8.96. The summed E-state index contributed by atoms with van der Waals surface area (Å²) in [5.41, 5.74) is 0.